The largest absolute Gasteiger partial charge is 0.416 e. The Bertz CT molecular complexity index is 431. The first-order valence-electron chi connectivity index (χ1n) is 6.58. The summed E-state index contributed by atoms with van der Waals surface area (Å²) in [6.45, 7) is 4.03. The summed E-state index contributed by atoms with van der Waals surface area (Å²) in [6, 6.07) is 1.08. The van der Waals surface area contributed by atoms with Crippen LogP contribution in [0.5, 0.6) is 0 Å². The molecule has 0 fully saturated rings. The van der Waals surface area contributed by atoms with Crippen LogP contribution in [0, 0.1) is 0 Å². The molecular formula is C14H17F6N. The molecule has 0 saturated carbocycles. The third kappa shape index (κ3) is 5.22. The summed E-state index contributed by atoms with van der Waals surface area (Å²) < 4.78 is 76.3. The van der Waals surface area contributed by atoms with Gasteiger partial charge < -0.3 is 5.32 Å². The van der Waals surface area contributed by atoms with Gasteiger partial charge in [-0.15, -0.1) is 0 Å². The molecule has 0 heterocycles. The Balaban J connectivity index is 3.13. The molecule has 1 rings (SSSR count). The normalized spacial score (nSPS) is 14.3. The predicted molar refractivity (Wildman–Crippen MR) is 67.8 cm³/mol. The first kappa shape index (κ1) is 17.8. The van der Waals surface area contributed by atoms with Crippen LogP contribution in [0.25, 0.3) is 0 Å². The number of alkyl halides is 6. The van der Waals surface area contributed by atoms with E-state index in [1.54, 1.807) is 6.92 Å². The molecule has 0 spiro atoms. The Morgan fingerprint density at radius 1 is 0.952 bits per heavy atom. The van der Waals surface area contributed by atoms with Gasteiger partial charge in [0, 0.05) is 6.04 Å². The molecule has 0 aromatic heterocycles. The number of nitrogens with one attached hydrogen (secondary N) is 1. The quantitative estimate of drug-likeness (QED) is 0.584. The van der Waals surface area contributed by atoms with Gasteiger partial charge in [0.25, 0.3) is 0 Å². The van der Waals surface area contributed by atoms with Crippen LogP contribution in [0.1, 0.15) is 49.4 Å². The maximum atomic E-state index is 12.7. The Morgan fingerprint density at radius 3 is 1.81 bits per heavy atom. The van der Waals surface area contributed by atoms with E-state index in [0.717, 1.165) is 25.0 Å². The molecule has 21 heavy (non-hydrogen) atoms. The van der Waals surface area contributed by atoms with Crippen molar-refractivity contribution in [2.75, 3.05) is 6.54 Å². The second kappa shape index (κ2) is 6.68. The molecular weight excluding hydrogens is 296 g/mol. The third-order valence-corrected chi connectivity index (χ3v) is 3.09. The standard InChI is InChI=1S/C14H17F6N/c1-3-4-5-21-9(2)10-6-11(13(15,16)17)8-12(7-10)14(18,19)20/h6-9,21H,3-5H2,1-2H3. The van der Waals surface area contributed by atoms with Gasteiger partial charge in [-0.3, -0.25) is 0 Å². The van der Waals surface area contributed by atoms with E-state index in [4.69, 9.17) is 0 Å². The van der Waals surface area contributed by atoms with Crippen LogP contribution in [0.15, 0.2) is 18.2 Å². The zero-order chi connectivity index (χ0) is 16.3. The summed E-state index contributed by atoms with van der Waals surface area (Å²) in [5, 5.41) is 2.92. The van der Waals surface area contributed by atoms with Crippen molar-refractivity contribution in [2.45, 2.75) is 45.1 Å². The average molecular weight is 313 g/mol. The van der Waals surface area contributed by atoms with E-state index in [1.165, 1.54) is 0 Å². The first-order chi connectivity index (χ1) is 9.55. The highest BCUT2D eigenvalue weighted by molar-refractivity contribution is 5.35. The second-order valence-electron chi connectivity index (χ2n) is 4.87. The number of hydrogen-bond acceptors (Lipinski definition) is 1. The Hall–Kier alpha value is -1.24. The van der Waals surface area contributed by atoms with E-state index < -0.39 is 29.5 Å². The number of benzene rings is 1. The fraction of sp³-hybridized carbons (Fsp3) is 0.571. The molecule has 0 amide bonds. The van der Waals surface area contributed by atoms with Gasteiger partial charge in [0.05, 0.1) is 11.1 Å². The molecule has 0 bridgehead atoms. The van der Waals surface area contributed by atoms with Crippen LogP contribution < -0.4 is 5.32 Å². The van der Waals surface area contributed by atoms with Crippen molar-refractivity contribution < 1.29 is 26.3 Å². The Labute approximate surface area is 119 Å². The van der Waals surface area contributed by atoms with E-state index in [-0.39, 0.29) is 11.6 Å². The molecule has 1 atom stereocenters. The molecule has 1 unspecified atom stereocenters. The lowest BCUT2D eigenvalue weighted by Gasteiger charge is -2.19. The van der Waals surface area contributed by atoms with E-state index in [0.29, 0.717) is 6.54 Å². The highest BCUT2D eigenvalue weighted by Gasteiger charge is 2.37. The highest BCUT2D eigenvalue weighted by Crippen LogP contribution is 2.37. The molecule has 120 valence electrons. The van der Waals surface area contributed by atoms with Crippen molar-refractivity contribution >= 4 is 0 Å². The zero-order valence-electron chi connectivity index (χ0n) is 11.7. The number of unbranched alkanes of at least 4 members (excludes halogenated alkanes) is 1. The molecule has 7 heteroatoms. The van der Waals surface area contributed by atoms with Gasteiger partial charge in [0.1, 0.15) is 0 Å². The van der Waals surface area contributed by atoms with E-state index >= 15 is 0 Å². The molecule has 0 aliphatic rings. The molecule has 0 aliphatic carbocycles. The van der Waals surface area contributed by atoms with Crippen LogP contribution in [-0.2, 0) is 12.4 Å². The summed E-state index contributed by atoms with van der Waals surface area (Å²) in [7, 11) is 0. The number of halogens is 6. The Morgan fingerprint density at radius 2 is 1.43 bits per heavy atom. The minimum Gasteiger partial charge on any atom is -0.310 e. The fourth-order valence-corrected chi connectivity index (χ4v) is 1.84. The summed E-state index contributed by atoms with van der Waals surface area (Å²) >= 11 is 0. The van der Waals surface area contributed by atoms with Crippen molar-refractivity contribution in [2.24, 2.45) is 0 Å². The van der Waals surface area contributed by atoms with Gasteiger partial charge in [-0.25, -0.2) is 0 Å². The van der Waals surface area contributed by atoms with Gasteiger partial charge in [0.15, 0.2) is 0 Å². The third-order valence-electron chi connectivity index (χ3n) is 3.09. The molecule has 1 N–H and O–H groups in total. The molecule has 0 saturated heterocycles. The van der Waals surface area contributed by atoms with Crippen molar-refractivity contribution in [3.63, 3.8) is 0 Å². The van der Waals surface area contributed by atoms with Crippen molar-refractivity contribution in [1.82, 2.24) is 5.32 Å². The Kier molecular flexibility index (Phi) is 5.67. The van der Waals surface area contributed by atoms with Crippen LogP contribution in [0.4, 0.5) is 26.3 Å². The minimum atomic E-state index is -4.81. The van der Waals surface area contributed by atoms with Gasteiger partial charge in [0.2, 0.25) is 0 Å². The van der Waals surface area contributed by atoms with Gasteiger partial charge >= 0.3 is 12.4 Å². The van der Waals surface area contributed by atoms with E-state index in [2.05, 4.69) is 5.32 Å². The maximum absolute atomic E-state index is 12.7. The first-order valence-corrected chi connectivity index (χ1v) is 6.58. The van der Waals surface area contributed by atoms with Gasteiger partial charge in [-0.2, -0.15) is 26.3 Å². The molecule has 0 radical (unpaired) electrons. The second-order valence-corrected chi connectivity index (χ2v) is 4.87. The van der Waals surface area contributed by atoms with Crippen molar-refractivity contribution in [3.8, 4) is 0 Å². The average Bonchev–Trinajstić information content (AvgIpc) is 2.36. The minimum absolute atomic E-state index is 0.0201. The van der Waals surface area contributed by atoms with Gasteiger partial charge in [-0.1, -0.05) is 13.3 Å². The van der Waals surface area contributed by atoms with E-state index in [1.807, 2.05) is 6.92 Å². The van der Waals surface area contributed by atoms with Crippen LogP contribution in [0.2, 0.25) is 0 Å². The van der Waals surface area contributed by atoms with Gasteiger partial charge in [-0.05, 0) is 43.7 Å². The number of hydrogen-bond donors (Lipinski definition) is 1. The fourth-order valence-electron chi connectivity index (χ4n) is 1.84. The monoisotopic (exact) mass is 313 g/mol. The zero-order valence-corrected chi connectivity index (χ0v) is 11.7. The summed E-state index contributed by atoms with van der Waals surface area (Å²) in [6.07, 6.45) is -7.93. The summed E-state index contributed by atoms with van der Waals surface area (Å²) in [5.74, 6) is 0. The van der Waals surface area contributed by atoms with Crippen LogP contribution in [-0.4, -0.2) is 6.54 Å². The SMILES string of the molecule is CCCCNC(C)c1cc(C(F)(F)F)cc(C(F)(F)F)c1. The molecule has 1 aromatic rings. The van der Waals surface area contributed by atoms with Crippen LogP contribution >= 0.6 is 0 Å². The molecule has 0 aliphatic heterocycles. The summed E-state index contributed by atoms with van der Waals surface area (Å²) in [4.78, 5) is 0. The summed E-state index contributed by atoms with van der Waals surface area (Å²) in [5.41, 5.74) is -2.58. The number of rotatable bonds is 5. The molecule has 1 nitrogen and oxygen atoms in total. The van der Waals surface area contributed by atoms with E-state index in [9.17, 15) is 26.3 Å². The molecule has 1 aromatic carbocycles. The predicted octanol–water partition coefficient (Wildman–Crippen LogP) is 5.17. The highest BCUT2D eigenvalue weighted by atomic mass is 19.4. The lowest BCUT2D eigenvalue weighted by atomic mass is 10.0. The van der Waals surface area contributed by atoms with Crippen molar-refractivity contribution in [3.05, 3.63) is 34.9 Å². The van der Waals surface area contributed by atoms with Crippen LogP contribution in [0.3, 0.4) is 0 Å². The van der Waals surface area contributed by atoms with Crippen molar-refractivity contribution in [1.29, 1.82) is 0 Å². The smallest absolute Gasteiger partial charge is 0.310 e. The topological polar surface area (TPSA) is 12.0 Å². The maximum Gasteiger partial charge on any atom is 0.416 e. The lowest BCUT2D eigenvalue weighted by molar-refractivity contribution is -0.143. The lowest BCUT2D eigenvalue weighted by Crippen LogP contribution is -2.21.